The Morgan fingerprint density at radius 1 is 1.60 bits per heavy atom. The lowest BCUT2D eigenvalue weighted by molar-refractivity contribution is -0.140. The summed E-state index contributed by atoms with van der Waals surface area (Å²) in [6.07, 6.45) is 1.53. The van der Waals surface area contributed by atoms with Crippen molar-refractivity contribution >= 4 is 17.9 Å². The number of urea groups is 1. The van der Waals surface area contributed by atoms with Crippen LogP contribution in [0.2, 0.25) is 0 Å². The number of amides is 2. The maximum atomic E-state index is 11.1. The smallest absolute Gasteiger partial charge is 0.321 e. The van der Waals surface area contributed by atoms with Crippen molar-refractivity contribution in [2.75, 3.05) is 19.0 Å². The molecule has 0 unspecified atom stereocenters. The van der Waals surface area contributed by atoms with Gasteiger partial charge in [0.1, 0.15) is 0 Å². The lowest BCUT2D eigenvalue weighted by Gasteiger charge is -2.03. The number of ether oxygens (including phenoxy) is 1. The zero-order chi connectivity index (χ0) is 11.1. The van der Waals surface area contributed by atoms with Crippen LogP contribution in [0.3, 0.4) is 0 Å². The van der Waals surface area contributed by atoms with Crippen molar-refractivity contribution in [3.8, 4) is 0 Å². The molecule has 0 aromatic carbocycles. The number of hydrogen-bond donors (Lipinski definition) is 2. The zero-order valence-corrected chi connectivity index (χ0v) is 8.15. The van der Waals surface area contributed by atoms with E-state index < -0.39 is 6.03 Å². The average molecular weight is 213 g/mol. The normalized spacial score (nSPS) is 9.40. The zero-order valence-electron chi connectivity index (χ0n) is 8.15. The summed E-state index contributed by atoms with van der Waals surface area (Å²) >= 11 is 0. The molecule has 2 amide bonds. The highest BCUT2D eigenvalue weighted by Crippen LogP contribution is 2.02. The minimum absolute atomic E-state index is 0.125. The summed E-state index contributed by atoms with van der Waals surface area (Å²) in [5, 5.41) is 8.24. The molecule has 0 aliphatic heterocycles. The second-order valence-corrected chi connectivity index (χ2v) is 2.58. The van der Waals surface area contributed by atoms with Crippen LogP contribution in [0.5, 0.6) is 0 Å². The van der Waals surface area contributed by atoms with Crippen molar-refractivity contribution in [1.29, 1.82) is 0 Å². The molecule has 0 aliphatic carbocycles. The molecule has 82 valence electrons. The molecule has 0 radical (unpaired) electrons. The number of esters is 1. The van der Waals surface area contributed by atoms with Gasteiger partial charge in [0.2, 0.25) is 5.88 Å². The standard InChI is InChI=1S/C8H11N3O4/c1-14-7(12)3-4-9-8(13)11-6-2-5-10-15-6/h2,5H,3-4H2,1H3,(H2,9,11,13). The van der Waals surface area contributed by atoms with Crippen molar-refractivity contribution in [2.24, 2.45) is 0 Å². The summed E-state index contributed by atoms with van der Waals surface area (Å²) in [6.45, 7) is 0.201. The number of aromatic nitrogens is 1. The van der Waals surface area contributed by atoms with E-state index in [-0.39, 0.29) is 24.8 Å². The second kappa shape index (κ2) is 5.63. The largest absolute Gasteiger partial charge is 0.469 e. The molecule has 15 heavy (non-hydrogen) atoms. The number of methoxy groups -OCH3 is 1. The molecule has 1 aromatic heterocycles. The first-order valence-corrected chi connectivity index (χ1v) is 4.24. The number of hydrogen-bond acceptors (Lipinski definition) is 5. The van der Waals surface area contributed by atoms with Gasteiger partial charge in [-0.15, -0.1) is 0 Å². The maximum Gasteiger partial charge on any atom is 0.321 e. The van der Waals surface area contributed by atoms with E-state index in [2.05, 4.69) is 25.1 Å². The van der Waals surface area contributed by atoms with Gasteiger partial charge in [-0.1, -0.05) is 5.16 Å². The minimum atomic E-state index is -0.462. The Bertz CT molecular complexity index is 323. The van der Waals surface area contributed by atoms with Crippen LogP contribution in [-0.2, 0) is 9.53 Å². The summed E-state index contributed by atoms with van der Waals surface area (Å²) in [6, 6.07) is 1.04. The highest BCUT2D eigenvalue weighted by molar-refractivity contribution is 5.87. The van der Waals surface area contributed by atoms with Crippen LogP contribution >= 0.6 is 0 Å². The maximum absolute atomic E-state index is 11.1. The van der Waals surface area contributed by atoms with Gasteiger partial charge in [0, 0.05) is 12.6 Å². The van der Waals surface area contributed by atoms with Gasteiger partial charge in [-0.3, -0.25) is 10.1 Å². The molecule has 0 fully saturated rings. The fraction of sp³-hybridized carbons (Fsp3) is 0.375. The van der Waals surface area contributed by atoms with Gasteiger partial charge in [0.15, 0.2) is 0 Å². The van der Waals surface area contributed by atoms with E-state index in [0.717, 1.165) is 0 Å². The van der Waals surface area contributed by atoms with E-state index in [1.165, 1.54) is 19.4 Å². The monoisotopic (exact) mass is 213 g/mol. The van der Waals surface area contributed by atoms with E-state index in [9.17, 15) is 9.59 Å². The van der Waals surface area contributed by atoms with E-state index in [1.807, 2.05) is 0 Å². The number of carbonyl (C=O) groups is 2. The predicted octanol–water partition coefficient (Wildman–Crippen LogP) is 0.359. The second-order valence-electron chi connectivity index (χ2n) is 2.58. The molecule has 0 spiro atoms. The lowest BCUT2D eigenvalue weighted by atomic mass is 10.4. The Hall–Kier alpha value is -2.05. The Balaban J connectivity index is 2.17. The molecule has 0 atom stereocenters. The molecule has 7 heteroatoms. The molecule has 1 heterocycles. The fourth-order valence-corrected chi connectivity index (χ4v) is 0.816. The van der Waals surface area contributed by atoms with E-state index >= 15 is 0 Å². The molecule has 0 bridgehead atoms. The van der Waals surface area contributed by atoms with Crippen molar-refractivity contribution in [3.05, 3.63) is 12.3 Å². The number of nitrogens with zero attached hydrogens (tertiary/aromatic N) is 1. The minimum Gasteiger partial charge on any atom is -0.469 e. The van der Waals surface area contributed by atoms with Crippen LogP contribution in [0.4, 0.5) is 10.7 Å². The molecular formula is C8H11N3O4. The number of anilines is 1. The van der Waals surface area contributed by atoms with Gasteiger partial charge in [-0.25, -0.2) is 4.79 Å². The van der Waals surface area contributed by atoms with Gasteiger partial charge < -0.3 is 14.6 Å². The summed E-state index contributed by atoms with van der Waals surface area (Å²) in [5.41, 5.74) is 0. The summed E-state index contributed by atoms with van der Waals surface area (Å²) in [4.78, 5) is 21.8. The first-order chi connectivity index (χ1) is 7.22. The average Bonchev–Trinajstić information content (AvgIpc) is 2.70. The van der Waals surface area contributed by atoms with Crippen LogP contribution in [0.1, 0.15) is 6.42 Å². The van der Waals surface area contributed by atoms with Gasteiger partial charge in [0.05, 0.1) is 19.7 Å². The van der Waals surface area contributed by atoms with Crippen molar-refractivity contribution < 1.29 is 18.8 Å². The van der Waals surface area contributed by atoms with Gasteiger partial charge in [-0.05, 0) is 0 Å². The van der Waals surface area contributed by atoms with Crippen LogP contribution < -0.4 is 10.6 Å². The molecule has 0 saturated carbocycles. The topological polar surface area (TPSA) is 93.5 Å². The first-order valence-electron chi connectivity index (χ1n) is 4.24. The van der Waals surface area contributed by atoms with Gasteiger partial charge in [-0.2, -0.15) is 0 Å². The molecule has 0 saturated heterocycles. The Labute approximate surface area is 85.8 Å². The van der Waals surface area contributed by atoms with Crippen LogP contribution in [-0.4, -0.2) is 30.8 Å². The van der Waals surface area contributed by atoms with Crippen molar-refractivity contribution in [1.82, 2.24) is 10.5 Å². The van der Waals surface area contributed by atoms with Gasteiger partial charge in [0.25, 0.3) is 0 Å². The van der Waals surface area contributed by atoms with Crippen molar-refractivity contribution in [2.45, 2.75) is 6.42 Å². The third-order valence-electron chi connectivity index (χ3n) is 1.52. The lowest BCUT2D eigenvalue weighted by Crippen LogP contribution is -2.30. The molecule has 1 aromatic rings. The SMILES string of the molecule is COC(=O)CCNC(=O)Nc1ccno1. The highest BCUT2D eigenvalue weighted by atomic mass is 16.5. The Kier molecular flexibility index (Phi) is 4.14. The summed E-state index contributed by atoms with van der Waals surface area (Å²) < 4.78 is 9.04. The predicted molar refractivity (Wildman–Crippen MR) is 50.2 cm³/mol. The third-order valence-corrected chi connectivity index (χ3v) is 1.52. The Morgan fingerprint density at radius 3 is 3.00 bits per heavy atom. The van der Waals surface area contributed by atoms with E-state index in [0.29, 0.717) is 0 Å². The first kappa shape index (κ1) is 11.0. The Morgan fingerprint density at radius 2 is 2.40 bits per heavy atom. The quantitative estimate of drug-likeness (QED) is 0.704. The molecule has 1 rings (SSSR count). The molecular weight excluding hydrogens is 202 g/mol. The van der Waals surface area contributed by atoms with Gasteiger partial charge >= 0.3 is 12.0 Å². The number of rotatable bonds is 4. The van der Waals surface area contributed by atoms with E-state index in [4.69, 9.17) is 0 Å². The third kappa shape index (κ3) is 4.12. The molecule has 7 nitrogen and oxygen atoms in total. The molecule has 2 N–H and O–H groups in total. The fourth-order valence-electron chi connectivity index (χ4n) is 0.816. The number of carbonyl (C=O) groups excluding carboxylic acids is 2. The van der Waals surface area contributed by atoms with Crippen LogP contribution in [0, 0.1) is 0 Å². The van der Waals surface area contributed by atoms with Crippen LogP contribution in [0.15, 0.2) is 16.8 Å². The number of nitrogens with one attached hydrogen (secondary N) is 2. The summed E-state index contributed by atoms with van der Waals surface area (Å²) in [5.74, 6) is -0.138. The highest BCUT2D eigenvalue weighted by Gasteiger charge is 2.05. The van der Waals surface area contributed by atoms with Crippen molar-refractivity contribution in [3.63, 3.8) is 0 Å². The molecule has 0 aliphatic rings. The van der Waals surface area contributed by atoms with E-state index in [1.54, 1.807) is 0 Å². The summed E-state index contributed by atoms with van der Waals surface area (Å²) in [7, 11) is 1.29. The van der Waals surface area contributed by atoms with Crippen LogP contribution in [0.25, 0.3) is 0 Å².